The molecule has 47 heavy (non-hydrogen) atoms. The minimum absolute atomic E-state index is 0.0588. The maximum absolute atomic E-state index is 15.6. The molecule has 2 aliphatic heterocycles. The first-order chi connectivity index (χ1) is 22.1. The number of aromatic nitrogens is 2. The summed E-state index contributed by atoms with van der Waals surface area (Å²) in [5, 5.41) is 9.48. The number of nitriles is 1. The van der Waals surface area contributed by atoms with Gasteiger partial charge in [0.25, 0.3) is 5.91 Å². The number of hydrogen-bond acceptors (Lipinski definition) is 8. The molecule has 6 atom stereocenters. The number of nitrogens with two attached hydrogens (primary N) is 1. The molecule has 1 aliphatic carbocycles. The number of piperazine rings is 1. The van der Waals surface area contributed by atoms with Gasteiger partial charge < -0.3 is 20.3 Å². The van der Waals surface area contributed by atoms with Gasteiger partial charge in [0.15, 0.2) is 6.17 Å². The number of likely N-dealkylation sites (N-methyl/N-ethyl adjacent to an activating group) is 1. The number of hydrogen-bond donors (Lipinski definition) is 1. The monoisotopic (exact) mass is 667 g/mol. The Morgan fingerprint density at radius 1 is 1.21 bits per heavy atom. The number of amides is 1. The number of carbonyl (C=O) groups excluding carboxylic acids is 1. The summed E-state index contributed by atoms with van der Waals surface area (Å²) in [6, 6.07) is 2.08. The van der Waals surface area contributed by atoms with Crippen LogP contribution in [0.5, 0.6) is 6.01 Å². The molecule has 0 radical (unpaired) electrons. The van der Waals surface area contributed by atoms with Crippen molar-refractivity contribution in [2.75, 3.05) is 50.5 Å². The van der Waals surface area contributed by atoms with Gasteiger partial charge >= 0.3 is 12.2 Å². The number of anilines is 2. The first kappa shape index (κ1) is 34.5. The molecule has 15 heteroatoms. The Balaban J connectivity index is 1.56. The molecule has 1 aromatic heterocycles. The molecule has 0 bridgehead atoms. The average molecular weight is 668 g/mol. The Kier molecular flexibility index (Phi) is 9.82. The van der Waals surface area contributed by atoms with Gasteiger partial charge in [0, 0.05) is 43.3 Å². The number of halogens is 6. The summed E-state index contributed by atoms with van der Waals surface area (Å²) >= 11 is 0. The predicted molar refractivity (Wildman–Crippen MR) is 162 cm³/mol. The van der Waals surface area contributed by atoms with Crippen LogP contribution in [-0.4, -0.2) is 89.9 Å². The molecule has 256 valence electrons. The van der Waals surface area contributed by atoms with Gasteiger partial charge in [0.1, 0.15) is 24.4 Å². The molecule has 2 aromatic rings. The van der Waals surface area contributed by atoms with E-state index in [0.717, 1.165) is 13.0 Å². The van der Waals surface area contributed by atoms with Crippen LogP contribution in [0.25, 0.3) is 0 Å². The number of nitrogens with zero attached hydrogens (tertiary/aromatic N) is 6. The van der Waals surface area contributed by atoms with Gasteiger partial charge in [-0.1, -0.05) is 6.92 Å². The highest BCUT2D eigenvalue weighted by Crippen LogP contribution is 2.47. The Labute approximate surface area is 269 Å². The smallest absolute Gasteiger partial charge is 0.417 e. The molecule has 0 saturated carbocycles. The third kappa shape index (κ3) is 6.93. The van der Waals surface area contributed by atoms with Crippen LogP contribution in [0.3, 0.4) is 0 Å². The predicted octanol–water partition coefficient (Wildman–Crippen LogP) is 4.75. The zero-order chi connectivity index (χ0) is 34.4. The lowest BCUT2D eigenvalue weighted by Crippen LogP contribution is -2.57. The maximum atomic E-state index is 15.6. The van der Waals surface area contributed by atoms with Crippen molar-refractivity contribution >= 4 is 17.4 Å². The zero-order valence-corrected chi connectivity index (χ0v) is 26.8. The van der Waals surface area contributed by atoms with Crippen LogP contribution in [0.4, 0.5) is 37.8 Å². The van der Waals surface area contributed by atoms with Crippen molar-refractivity contribution in [1.82, 2.24) is 19.8 Å². The van der Waals surface area contributed by atoms with Crippen molar-refractivity contribution in [3.63, 3.8) is 0 Å². The Morgan fingerprint density at radius 2 is 1.94 bits per heavy atom. The Hall–Kier alpha value is -3.80. The standard InChI is InChI=1S/C32H39F6N7O2/c1-16-9-23-25(12-22(16)26-27(32(36,37)38)17(2)10-24(40)28(26)35)41-31(47-15-21-11-19(34)13-43(21)4)42-29(23)44-7-8-45(30(46)18(3)33)20(14-44)5-6-39/h10,16,18-22H,5,7-9,11-15,40H2,1-4H3/t16-,18?,19+,20+,21-,22-/m0/s1. The quantitative estimate of drug-likeness (QED) is 0.333. The van der Waals surface area contributed by atoms with E-state index < -0.39 is 59.2 Å². The molecule has 3 aliphatic rings. The van der Waals surface area contributed by atoms with Crippen LogP contribution in [0.2, 0.25) is 0 Å². The lowest BCUT2D eigenvalue weighted by Gasteiger charge is -2.43. The number of carbonyl (C=O) groups is 1. The van der Waals surface area contributed by atoms with Crippen molar-refractivity contribution in [2.45, 2.75) is 83.0 Å². The van der Waals surface area contributed by atoms with E-state index in [0.29, 0.717) is 17.1 Å². The zero-order valence-electron chi connectivity index (χ0n) is 26.8. The third-order valence-corrected chi connectivity index (χ3v) is 9.63. The van der Waals surface area contributed by atoms with Gasteiger partial charge in [-0.25, -0.2) is 13.2 Å². The summed E-state index contributed by atoms with van der Waals surface area (Å²) in [4.78, 5) is 26.9. The minimum Gasteiger partial charge on any atom is -0.462 e. The van der Waals surface area contributed by atoms with Crippen LogP contribution >= 0.6 is 0 Å². The van der Waals surface area contributed by atoms with Crippen molar-refractivity contribution < 1.29 is 35.9 Å². The summed E-state index contributed by atoms with van der Waals surface area (Å²) in [5.74, 6) is -2.84. The Morgan fingerprint density at radius 3 is 2.55 bits per heavy atom. The van der Waals surface area contributed by atoms with Gasteiger partial charge in [-0.05, 0) is 63.6 Å². The summed E-state index contributed by atoms with van der Waals surface area (Å²) in [6.45, 7) is 4.92. The molecule has 2 fully saturated rings. The van der Waals surface area contributed by atoms with Crippen LogP contribution in [-0.2, 0) is 23.8 Å². The second kappa shape index (κ2) is 13.4. The number of likely N-dealkylation sites (tertiary alicyclic amines) is 1. The molecule has 1 unspecified atom stereocenters. The number of fused-ring (bicyclic) bond motifs is 1. The highest BCUT2D eigenvalue weighted by molar-refractivity contribution is 5.81. The molecule has 2 saturated heterocycles. The minimum atomic E-state index is -4.83. The van der Waals surface area contributed by atoms with Crippen molar-refractivity contribution in [1.29, 1.82) is 5.26 Å². The average Bonchev–Trinajstić information content (AvgIpc) is 3.32. The molecule has 5 rings (SSSR count). The topological polar surface area (TPSA) is 112 Å². The maximum Gasteiger partial charge on any atom is 0.417 e. The molecule has 9 nitrogen and oxygen atoms in total. The Bertz CT molecular complexity index is 1550. The van der Waals surface area contributed by atoms with Crippen LogP contribution in [0, 0.1) is 30.0 Å². The molecule has 1 aromatic carbocycles. The second-order valence-electron chi connectivity index (χ2n) is 13.0. The highest BCUT2D eigenvalue weighted by Gasteiger charge is 2.43. The van der Waals surface area contributed by atoms with Crippen molar-refractivity contribution in [3.05, 3.63) is 39.8 Å². The fraction of sp³-hybridized carbons (Fsp3) is 0.625. The molecule has 2 N–H and O–H groups in total. The lowest BCUT2D eigenvalue weighted by molar-refractivity contribution is -0.139. The van der Waals surface area contributed by atoms with Gasteiger partial charge in [0.2, 0.25) is 0 Å². The first-order valence-corrected chi connectivity index (χ1v) is 15.7. The fourth-order valence-electron chi connectivity index (χ4n) is 7.25. The van der Waals surface area contributed by atoms with E-state index in [9.17, 15) is 32.0 Å². The van der Waals surface area contributed by atoms with Crippen molar-refractivity contribution in [2.24, 2.45) is 5.92 Å². The largest absolute Gasteiger partial charge is 0.462 e. The van der Waals surface area contributed by atoms with E-state index >= 15 is 4.39 Å². The number of aryl methyl sites for hydroxylation is 1. The van der Waals surface area contributed by atoms with Gasteiger partial charge in [-0.2, -0.15) is 28.4 Å². The van der Waals surface area contributed by atoms with Crippen LogP contribution in [0.1, 0.15) is 60.6 Å². The first-order valence-electron chi connectivity index (χ1n) is 15.7. The molecule has 1 amide bonds. The SMILES string of the molecule is Cc1cc(N)c(F)c([C@H]2Cc3nc(OC[C@@H]4C[C@@H](F)CN4C)nc(N4CCN(C(=O)C(C)F)[C@H](CC#N)C4)c3C[C@@H]2C)c1C(F)(F)F. The summed E-state index contributed by atoms with van der Waals surface area (Å²) in [7, 11) is 1.77. The third-order valence-electron chi connectivity index (χ3n) is 9.63. The number of rotatable bonds is 7. The molecule has 3 heterocycles. The number of benzene rings is 1. The van der Waals surface area contributed by atoms with E-state index in [1.54, 1.807) is 14.0 Å². The number of ether oxygens (including phenoxy) is 1. The highest BCUT2D eigenvalue weighted by atomic mass is 19.4. The van der Waals surface area contributed by atoms with E-state index in [1.807, 2.05) is 9.80 Å². The van der Waals surface area contributed by atoms with Gasteiger partial charge in [-0.3, -0.25) is 9.69 Å². The summed E-state index contributed by atoms with van der Waals surface area (Å²) < 4.78 is 92.6. The summed E-state index contributed by atoms with van der Waals surface area (Å²) in [5.41, 5.74) is 4.73. The van der Waals surface area contributed by atoms with E-state index in [4.69, 9.17) is 15.5 Å². The molecular weight excluding hydrogens is 628 g/mol. The number of alkyl halides is 5. The lowest BCUT2D eigenvalue weighted by atomic mass is 9.73. The van der Waals surface area contributed by atoms with Crippen LogP contribution < -0.4 is 15.4 Å². The van der Waals surface area contributed by atoms with Crippen molar-refractivity contribution in [3.8, 4) is 12.1 Å². The van der Waals surface area contributed by atoms with Crippen LogP contribution in [0.15, 0.2) is 6.07 Å². The molecule has 0 spiro atoms. The normalized spacial score (nSPS) is 25.8. The van der Waals surface area contributed by atoms with E-state index in [1.165, 1.54) is 11.8 Å². The van der Waals surface area contributed by atoms with E-state index in [-0.39, 0.29) is 81.8 Å². The van der Waals surface area contributed by atoms with Gasteiger partial charge in [0.05, 0.1) is 35.5 Å². The number of nitrogen functional groups attached to an aromatic ring is 1. The van der Waals surface area contributed by atoms with E-state index in [2.05, 4.69) is 11.1 Å². The summed E-state index contributed by atoms with van der Waals surface area (Å²) in [6.07, 6.45) is -7.28. The van der Waals surface area contributed by atoms with Gasteiger partial charge in [-0.15, -0.1) is 0 Å². The second-order valence-corrected chi connectivity index (χ2v) is 13.0. The molecular formula is C32H39F6N7O2. The fourth-order valence-corrected chi connectivity index (χ4v) is 7.25.